The van der Waals surface area contributed by atoms with Crippen molar-refractivity contribution in [2.24, 2.45) is 5.92 Å². The molecule has 1 heterocycles. The second kappa shape index (κ2) is 6.86. The first-order chi connectivity index (χ1) is 10.6. The van der Waals surface area contributed by atoms with Crippen LogP contribution >= 0.6 is 0 Å². The van der Waals surface area contributed by atoms with Crippen LogP contribution in [-0.4, -0.2) is 60.2 Å². The Morgan fingerprint density at radius 1 is 1.22 bits per heavy atom. The second-order valence-corrected chi connectivity index (χ2v) is 9.84. The van der Waals surface area contributed by atoms with Crippen LogP contribution in [0.25, 0.3) is 0 Å². The van der Waals surface area contributed by atoms with Gasteiger partial charge in [0.1, 0.15) is 0 Å². The fourth-order valence-electron chi connectivity index (χ4n) is 2.36. The van der Waals surface area contributed by atoms with Crippen molar-refractivity contribution in [3.05, 3.63) is 29.8 Å². The van der Waals surface area contributed by atoms with Gasteiger partial charge in [0.15, 0.2) is 0 Å². The summed E-state index contributed by atoms with van der Waals surface area (Å²) in [6.45, 7) is 2.19. The van der Waals surface area contributed by atoms with Gasteiger partial charge in [-0.1, -0.05) is 12.1 Å². The molecule has 1 aliphatic rings. The average molecular weight is 362 g/mol. The number of hydrogen-bond acceptors (Lipinski definition) is 5. The lowest BCUT2D eigenvalue weighted by molar-refractivity contribution is 0.185. The molecule has 1 aromatic carbocycles. The molecule has 0 aliphatic carbocycles. The topological polar surface area (TPSA) is 92.8 Å². The Kier molecular flexibility index (Phi) is 5.47. The lowest BCUT2D eigenvalue weighted by Gasteiger charge is -2.21. The molecule has 1 aliphatic heterocycles. The molecule has 0 spiro atoms. The number of nitrogens with one attached hydrogen (secondary N) is 1. The zero-order valence-electron chi connectivity index (χ0n) is 13.4. The molecule has 0 aromatic heterocycles. The predicted molar refractivity (Wildman–Crippen MR) is 87.1 cm³/mol. The van der Waals surface area contributed by atoms with E-state index >= 15 is 0 Å². The van der Waals surface area contributed by atoms with E-state index in [0.29, 0.717) is 0 Å². The highest BCUT2D eigenvalue weighted by molar-refractivity contribution is 7.89. The third-order valence-electron chi connectivity index (χ3n) is 3.79. The van der Waals surface area contributed by atoms with Gasteiger partial charge in [-0.3, -0.25) is 0 Å². The van der Waals surface area contributed by atoms with Gasteiger partial charge in [0.05, 0.1) is 29.9 Å². The van der Waals surface area contributed by atoms with Crippen molar-refractivity contribution in [3.63, 3.8) is 0 Å². The maximum atomic E-state index is 12.5. The summed E-state index contributed by atoms with van der Waals surface area (Å²) in [7, 11) is -4.23. The molecule has 0 amide bonds. The van der Waals surface area contributed by atoms with Gasteiger partial charge in [-0.15, -0.1) is 0 Å². The van der Waals surface area contributed by atoms with Gasteiger partial charge in [0, 0.05) is 20.0 Å². The first-order valence-electron chi connectivity index (χ1n) is 7.19. The van der Waals surface area contributed by atoms with Crippen LogP contribution in [0.4, 0.5) is 0 Å². The molecule has 1 fully saturated rings. The number of sulfonamides is 2. The van der Waals surface area contributed by atoms with Crippen LogP contribution in [0.1, 0.15) is 5.56 Å². The molecule has 2 rings (SSSR count). The molecule has 0 saturated carbocycles. The van der Waals surface area contributed by atoms with E-state index in [9.17, 15) is 16.8 Å². The maximum absolute atomic E-state index is 12.5. The summed E-state index contributed by atoms with van der Waals surface area (Å²) in [5, 5.41) is 0. The lowest BCUT2D eigenvalue weighted by Crippen LogP contribution is -2.43. The van der Waals surface area contributed by atoms with Gasteiger partial charge in [0.25, 0.3) is 0 Å². The predicted octanol–water partition coefficient (Wildman–Crippen LogP) is 0.180. The summed E-state index contributed by atoms with van der Waals surface area (Å²) in [5.41, 5.74) is 0.835. The zero-order valence-corrected chi connectivity index (χ0v) is 15.0. The zero-order chi connectivity index (χ0) is 17.3. The van der Waals surface area contributed by atoms with Gasteiger partial charge in [-0.25, -0.2) is 25.9 Å². The largest absolute Gasteiger partial charge is 0.379 e. The molecule has 2 atom stereocenters. The first kappa shape index (κ1) is 18.3. The Morgan fingerprint density at radius 2 is 1.91 bits per heavy atom. The Bertz CT molecular complexity index is 759. The Balaban J connectivity index is 2.15. The van der Waals surface area contributed by atoms with Crippen molar-refractivity contribution in [2.45, 2.75) is 17.9 Å². The van der Waals surface area contributed by atoms with Crippen molar-refractivity contribution < 1.29 is 21.6 Å². The van der Waals surface area contributed by atoms with Crippen molar-refractivity contribution in [1.29, 1.82) is 0 Å². The highest BCUT2D eigenvalue weighted by Gasteiger charge is 2.35. The third-order valence-corrected chi connectivity index (χ3v) is 7.24. The molecule has 1 N–H and O–H groups in total. The summed E-state index contributed by atoms with van der Waals surface area (Å²) >= 11 is 0. The van der Waals surface area contributed by atoms with Crippen molar-refractivity contribution in [1.82, 2.24) is 9.03 Å². The summed E-state index contributed by atoms with van der Waals surface area (Å²) in [6, 6.07) is 6.00. The minimum absolute atomic E-state index is 0.152. The highest BCUT2D eigenvalue weighted by Crippen LogP contribution is 2.20. The normalized spacial score (nSPS) is 22.6. The summed E-state index contributed by atoms with van der Waals surface area (Å²) in [5.74, 6) is -0.567. The van der Waals surface area contributed by atoms with Crippen molar-refractivity contribution in [2.75, 3.05) is 33.1 Å². The molecule has 130 valence electrons. The van der Waals surface area contributed by atoms with E-state index in [4.69, 9.17) is 4.74 Å². The van der Waals surface area contributed by atoms with Crippen LogP contribution in [-0.2, 0) is 24.8 Å². The van der Waals surface area contributed by atoms with Gasteiger partial charge < -0.3 is 4.74 Å². The first-order valence-corrected chi connectivity index (χ1v) is 10.3. The fourth-order valence-corrected chi connectivity index (χ4v) is 4.92. The minimum atomic E-state index is -3.71. The van der Waals surface area contributed by atoms with Crippen LogP contribution in [0.15, 0.2) is 29.2 Å². The Labute approximate surface area is 137 Å². The van der Waals surface area contributed by atoms with E-state index in [0.717, 1.165) is 9.87 Å². The molecule has 1 saturated heterocycles. The van der Waals surface area contributed by atoms with Gasteiger partial charge in [0.2, 0.25) is 20.0 Å². The molecular weight excluding hydrogens is 340 g/mol. The third kappa shape index (κ3) is 4.51. The van der Waals surface area contributed by atoms with Crippen LogP contribution < -0.4 is 4.72 Å². The highest BCUT2D eigenvalue weighted by atomic mass is 32.2. The van der Waals surface area contributed by atoms with Gasteiger partial charge >= 0.3 is 0 Å². The van der Waals surface area contributed by atoms with E-state index in [1.807, 2.05) is 13.0 Å². The van der Waals surface area contributed by atoms with Crippen LogP contribution in [0, 0.1) is 12.8 Å². The fraction of sp³-hybridized carbons (Fsp3) is 0.571. The van der Waals surface area contributed by atoms with Gasteiger partial charge in [-0.2, -0.15) is 0 Å². The molecular formula is C14H22N2O5S2. The molecule has 0 unspecified atom stereocenters. The second-order valence-electron chi connectivity index (χ2n) is 5.90. The average Bonchev–Trinajstić information content (AvgIpc) is 2.84. The van der Waals surface area contributed by atoms with Crippen LogP contribution in [0.2, 0.25) is 0 Å². The molecule has 7 nitrogen and oxygen atoms in total. The van der Waals surface area contributed by atoms with Crippen molar-refractivity contribution >= 4 is 20.0 Å². The number of benzene rings is 1. The minimum Gasteiger partial charge on any atom is -0.379 e. The van der Waals surface area contributed by atoms with E-state index < -0.39 is 32.0 Å². The molecule has 1 aromatic rings. The summed E-state index contributed by atoms with van der Waals surface area (Å²) in [6.07, 6.45) is 0. The molecule has 9 heteroatoms. The summed E-state index contributed by atoms with van der Waals surface area (Å²) in [4.78, 5) is 0.165. The van der Waals surface area contributed by atoms with E-state index in [2.05, 4.69) is 4.72 Å². The number of hydrogen-bond donors (Lipinski definition) is 1. The molecule has 0 radical (unpaired) electrons. The number of aryl methyl sites for hydroxylation is 1. The molecule has 23 heavy (non-hydrogen) atoms. The van der Waals surface area contributed by atoms with E-state index in [1.165, 1.54) is 20.2 Å². The van der Waals surface area contributed by atoms with E-state index in [-0.39, 0.29) is 23.9 Å². The monoisotopic (exact) mass is 362 g/mol. The van der Waals surface area contributed by atoms with Gasteiger partial charge in [-0.05, 0) is 24.6 Å². The standard InChI is InChI=1S/C14H22N2O5S2/c1-11-5-4-6-13(7-11)23(19,20)15-14-9-21-8-12(14)10-22(17,18)16(2)3/h4-7,12,14-15H,8-10H2,1-3H3/t12-,14+/m0/s1. The molecule has 0 bridgehead atoms. The van der Waals surface area contributed by atoms with Crippen molar-refractivity contribution in [3.8, 4) is 0 Å². The van der Waals surface area contributed by atoms with E-state index in [1.54, 1.807) is 12.1 Å². The smallest absolute Gasteiger partial charge is 0.240 e. The lowest BCUT2D eigenvalue weighted by atomic mass is 10.1. The quantitative estimate of drug-likeness (QED) is 0.779. The Morgan fingerprint density at radius 3 is 2.52 bits per heavy atom. The number of rotatable bonds is 6. The van der Waals surface area contributed by atoms with Crippen LogP contribution in [0.5, 0.6) is 0 Å². The number of nitrogens with zero attached hydrogens (tertiary/aromatic N) is 1. The maximum Gasteiger partial charge on any atom is 0.240 e. The summed E-state index contributed by atoms with van der Waals surface area (Å²) < 4.78 is 57.9. The SMILES string of the molecule is Cc1cccc(S(=O)(=O)N[C@@H]2COC[C@H]2CS(=O)(=O)N(C)C)c1. The Hall–Kier alpha value is -1.00. The number of ether oxygens (including phenoxy) is 1. The van der Waals surface area contributed by atoms with Crippen LogP contribution in [0.3, 0.4) is 0 Å².